The van der Waals surface area contributed by atoms with Gasteiger partial charge in [-0.15, -0.1) is 0 Å². The number of aliphatic hydroxyl groups excluding tert-OH is 1. The van der Waals surface area contributed by atoms with Crippen molar-refractivity contribution >= 4 is 21.7 Å². The van der Waals surface area contributed by atoms with E-state index in [1.54, 1.807) is 0 Å². The molecule has 0 saturated heterocycles. The highest BCUT2D eigenvalue weighted by molar-refractivity contribution is 9.10. The number of aliphatic hydroxyl groups is 1. The van der Waals surface area contributed by atoms with Crippen molar-refractivity contribution in [2.75, 3.05) is 5.32 Å². The highest BCUT2D eigenvalue weighted by atomic mass is 79.9. The summed E-state index contributed by atoms with van der Waals surface area (Å²) in [5.74, 6) is 1.64. The lowest BCUT2D eigenvalue weighted by Crippen LogP contribution is -2.39. The van der Waals surface area contributed by atoms with E-state index in [0.717, 1.165) is 29.1 Å². The average Bonchev–Trinajstić information content (AvgIpc) is 2.13. The Morgan fingerprint density at radius 1 is 1.35 bits per heavy atom. The van der Waals surface area contributed by atoms with Gasteiger partial charge in [-0.05, 0) is 28.8 Å². The number of aromatic nitrogens is 2. The molecule has 0 spiro atoms. The number of hydrogen-bond donors (Lipinski definition) is 2. The van der Waals surface area contributed by atoms with E-state index in [0.29, 0.717) is 6.04 Å². The van der Waals surface area contributed by atoms with Gasteiger partial charge in [-0.2, -0.15) is 0 Å². The van der Waals surface area contributed by atoms with Gasteiger partial charge in [0.2, 0.25) is 0 Å². The summed E-state index contributed by atoms with van der Waals surface area (Å²) in [5.41, 5.74) is -0.0701. The Bertz CT molecular complexity index is 411. The van der Waals surface area contributed by atoms with Crippen LogP contribution in [0.3, 0.4) is 0 Å². The number of rotatable bonds is 2. The summed E-state index contributed by atoms with van der Waals surface area (Å²) in [6.07, 6.45) is 1.44. The van der Waals surface area contributed by atoms with Crippen LogP contribution >= 0.6 is 15.9 Å². The van der Waals surface area contributed by atoms with Crippen LogP contribution in [0.2, 0.25) is 0 Å². The van der Waals surface area contributed by atoms with Crippen LogP contribution in [0.5, 0.6) is 0 Å². The predicted molar refractivity (Wildman–Crippen MR) is 71.1 cm³/mol. The fraction of sp³-hybridized carbons (Fsp3) is 0.667. The molecule has 1 heterocycles. The highest BCUT2D eigenvalue weighted by Crippen LogP contribution is 2.26. The number of anilines is 1. The van der Waals surface area contributed by atoms with E-state index in [-0.39, 0.29) is 11.5 Å². The molecular weight excluding hydrogens is 282 g/mol. The maximum absolute atomic E-state index is 9.25. The molecule has 5 heteroatoms. The molecule has 1 aliphatic rings. The molecule has 0 atom stereocenters. The Hall–Kier alpha value is -0.680. The summed E-state index contributed by atoms with van der Waals surface area (Å²) >= 11 is 3.41. The largest absolute Gasteiger partial charge is 0.393 e. The third-order valence-electron chi connectivity index (χ3n) is 2.83. The van der Waals surface area contributed by atoms with Crippen molar-refractivity contribution in [3.8, 4) is 0 Å². The summed E-state index contributed by atoms with van der Waals surface area (Å²) in [7, 11) is 0. The zero-order valence-electron chi connectivity index (χ0n) is 10.4. The van der Waals surface area contributed by atoms with Crippen LogP contribution in [0.4, 0.5) is 5.82 Å². The minimum atomic E-state index is -0.153. The van der Waals surface area contributed by atoms with Crippen LogP contribution in [0.15, 0.2) is 10.7 Å². The number of halogens is 1. The van der Waals surface area contributed by atoms with Gasteiger partial charge in [0.1, 0.15) is 16.2 Å². The fourth-order valence-corrected chi connectivity index (χ4v) is 2.13. The van der Waals surface area contributed by atoms with Crippen LogP contribution in [0.25, 0.3) is 0 Å². The molecule has 0 aliphatic heterocycles. The van der Waals surface area contributed by atoms with Crippen molar-refractivity contribution in [3.63, 3.8) is 0 Å². The molecule has 1 aliphatic carbocycles. The maximum atomic E-state index is 9.25. The Kier molecular flexibility index (Phi) is 3.41. The first-order chi connectivity index (χ1) is 7.84. The van der Waals surface area contributed by atoms with E-state index in [1.807, 2.05) is 6.07 Å². The van der Waals surface area contributed by atoms with Gasteiger partial charge in [0.05, 0.1) is 6.10 Å². The second kappa shape index (κ2) is 4.53. The van der Waals surface area contributed by atoms with Crippen molar-refractivity contribution in [3.05, 3.63) is 16.5 Å². The van der Waals surface area contributed by atoms with Crippen molar-refractivity contribution in [1.82, 2.24) is 9.97 Å². The zero-order chi connectivity index (χ0) is 12.6. The molecule has 94 valence electrons. The standard InChI is InChI=1S/C12H18BrN3O/c1-12(2,3)11-15-9(13)6-10(16-11)14-7-4-8(17)5-7/h6-8,17H,4-5H2,1-3H3,(H,14,15,16). The smallest absolute Gasteiger partial charge is 0.137 e. The third-order valence-corrected chi connectivity index (χ3v) is 3.24. The van der Waals surface area contributed by atoms with E-state index in [1.165, 1.54) is 0 Å². The SMILES string of the molecule is CC(C)(C)c1nc(Br)cc(NC2CC(O)C2)n1. The average molecular weight is 300 g/mol. The Balaban J connectivity index is 2.14. The summed E-state index contributed by atoms with van der Waals surface area (Å²) in [6.45, 7) is 6.27. The summed E-state index contributed by atoms with van der Waals surface area (Å²) < 4.78 is 0.791. The molecule has 4 nitrogen and oxygen atoms in total. The molecule has 2 rings (SSSR count). The second-order valence-electron chi connectivity index (χ2n) is 5.62. The van der Waals surface area contributed by atoms with E-state index in [9.17, 15) is 5.11 Å². The van der Waals surface area contributed by atoms with Gasteiger partial charge in [-0.1, -0.05) is 20.8 Å². The van der Waals surface area contributed by atoms with Gasteiger partial charge in [0.15, 0.2) is 0 Å². The molecule has 1 aromatic heterocycles. The molecule has 1 aromatic rings. The van der Waals surface area contributed by atoms with Gasteiger partial charge < -0.3 is 10.4 Å². The van der Waals surface area contributed by atoms with Gasteiger partial charge in [0.25, 0.3) is 0 Å². The van der Waals surface area contributed by atoms with Crippen LogP contribution in [-0.4, -0.2) is 27.2 Å². The van der Waals surface area contributed by atoms with E-state index in [4.69, 9.17) is 0 Å². The zero-order valence-corrected chi connectivity index (χ0v) is 12.0. The van der Waals surface area contributed by atoms with Crippen molar-refractivity contribution in [2.24, 2.45) is 0 Å². The lowest BCUT2D eigenvalue weighted by Gasteiger charge is -2.32. The number of nitrogens with one attached hydrogen (secondary N) is 1. The highest BCUT2D eigenvalue weighted by Gasteiger charge is 2.27. The molecule has 17 heavy (non-hydrogen) atoms. The lowest BCUT2D eigenvalue weighted by atomic mass is 9.89. The molecule has 0 radical (unpaired) electrons. The van der Waals surface area contributed by atoms with Gasteiger partial charge in [0, 0.05) is 17.5 Å². The quantitative estimate of drug-likeness (QED) is 0.824. The second-order valence-corrected chi connectivity index (χ2v) is 6.43. The van der Waals surface area contributed by atoms with E-state index < -0.39 is 0 Å². The molecule has 1 saturated carbocycles. The minimum Gasteiger partial charge on any atom is -0.393 e. The lowest BCUT2D eigenvalue weighted by molar-refractivity contribution is 0.0835. The summed E-state index contributed by atoms with van der Waals surface area (Å²) in [5, 5.41) is 12.6. The Morgan fingerprint density at radius 3 is 2.53 bits per heavy atom. The predicted octanol–water partition coefficient (Wildman–Crippen LogP) is 2.47. The maximum Gasteiger partial charge on any atom is 0.137 e. The third kappa shape index (κ3) is 3.16. The Morgan fingerprint density at radius 2 is 2.00 bits per heavy atom. The fourth-order valence-electron chi connectivity index (χ4n) is 1.74. The van der Waals surface area contributed by atoms with Gasteiger partial charge >= 0.3 is 0 Å². The number of hydrogen-bond acceptors (Lipinski definition) is 4. The van der Waals surface area contributed by atoms with Gasteiger partial charge in [-0.25, -0.2) is 9.97 Å². The monoisotopic (exact) mass is 299 g/mol. The molecule has 0 bridgehead atoms. The molecule has 0 unspecified atom stereocenters. The molecule has 0 amide bonds. The van der Waals surface area contributed by atoms with Gasteiger partial charge in [-0.3, -0.25) is 0 Å². The Labute approximate surface area is 110 Å². The van der Waals surface area contributed by atoms with Crippen molar-refractivity contribution < 1.29 is 5.11 Å². The van der Waals surface area contributed by atoms with Crippen LogP contribution < -0.4 is 5.32 Å². The first kappa shape index (κ1) is 12.8. The molecule has 0 aromatic carbocycles. The van der Waals surface area contributed by atoms with E-state index >= 15 is 0 Å². The van der Waals surface area contributed by atoms with Crippen LogP contribution in [0.1, 0.15) is 39.4 Å². The first-order valence-electron chi connectivity index (χ1n) is 5.84. The molecule has 2 N–H and O–H groups in total. The van der Waals surface area contributed by atoms with Crippen LogP contribution in [-0.2, 0) is 5.41 Å². The minimum absolute atomic E-state index is 0.0701. The molecular formula is C12H18BrN3O. The topological polar surface area (TPSA) is 58.0 Å². The molecule has 1 fully saturated rings. The van der Waals surface area contributed by atoms with E-state index in [2.05, 4.69) is 52.0 Å². The summed E-state index contributed by atoms with van der Waals surface area (Å²) in [6, 6.07) is 2.21. The van der Waals surface area contributed by atoms with Crippen molar-refractivity contribution in [2.45, 2.75) is 51.2 Å². The number of nitrogens with zero attached hydrogens (tertiary/aromatic N) is 2. The summed E-state index contributed by atoms with van der Waals surface area (Å²) in [4.78, 5) is 8.91. The van der Waals surface area contributed by atoms with Crippen molar-refractivity contribution in [1.29, 1.82) is 0 Å². The first-order valence-corrected chi connectivity index (χ1v) is 6.63. The van der Waals surface area contributed by atoms with Crippen LogP contribution in [0, 0.1) is 0 Å². The normalized spacial score (nSPS) is 24.3.